The molecule has 1 saturated heterocycles. The molecule has 1 aliphatic heterocycles. The van der Waals surface area contributed by atoms with Gasteiger partial charge in [0, 0.05) is 44.5 Å². The van der Waals surface area contributed by atoms with Crippen LogP contribution in [0.4, 0.5) is 0 Å². The Balaban J connectivity index is 1.93. The van der Waals surface area contributed by atoms with E-state index in [0.29, 0.717) is 6.42 Å². The van der Waals surface area contributed by atoms with Crippen LogP contribution >= 0.6 is 0 Å². The molecule has 0 unspecified atom stereocenters. The van der Waals surface area contributed by atoms with E-state index in [1.54, 1.807) is 13.2 Å². The Kier molecular flexibility index (Phi) is 3.76. The van der Waals surface area contributed by atoms with Gasteiger partial charge >= 0.3 is 0 Å². The molecule has 1 N–H and O–H groups in total. The highest BCUT2D eigenvalue weighted by atomic mass is 32.2. The summed E-state index contributed by atoms with van der Waals surface area (Å²) in [6.07, 6.45) is 2.15. The summed E-state index contributed by atoms with van der Waals surface area (Å²) in [7, 11) is -1.51. The maximum absolute atomic E-state index is 12.0. The molecule has 1 aliphatic rings. The number of hydrogen-bond donors (Lipinski definition) is 1. The fourth-order valence-corrected chi connectivity index (χ4v) is 3.04. The normalized spacial score (nSPS) is 17.1. The predicted molar refractivity (Wildman–Crippen MR) is 66.1 cm³/mol. The van der Waals surface area contributed by atoms with E-state index in [2.05, 4.69) is 10.3 Å². The Bertz CT molecular complexity index is 457. The summed E-state index contributed by atoms with van der Waals surface area (Å²) in [6.45, 7) is 1.50. The second-order valence-corrected chi connectivity index (χ2v) is 6.36. The molecule has 94 valence electrons. The minimum absolute atomic E-state index is 0.115. The van der Waals surface area contributed by atoms with Gasteiger partial charge in [0.1, 0.15) is 0 Å². The lowest BCUT2D eigenvalue weighted by Crippen LogP contribution is -2.57. The molecule has 0 spiro atoms. The van der Waals surface area contributed by atoms with Crippen molar-refractivity contribution < 1.29 is 8.42 Å². The van der Waals surface area contributed by atoms with Gasteiger partial charge in [0.2, 0.25) is 10.0 Å². The van der Waals surface area contributed by atoms with Crippen LogP contribution in [0.3, 0.4) is 0 Å². The molecule has 2 rings (SSSR count). The number of nitrogens with zero attached hydrogens (tertiary/aromatic N) is 2. The Morgan fingerprint density at radius 3 is 2.76 bits per heavy atom. The number of aryl methyl sites for hydroxylation is 1. The first kappa shape index (κ1) is 12.5. The molecule has 5 nitrogen and oxygen atoms in total. The molecule has 0 aromatic carbocycles. The Morgan fingerprint density at radius 2 is 2.24 bits per heavy atom. The molecule has 0 radical (unpaired) electrons. The molecule has 0 bridgehead atoms. The highest BCUT2D eigenvalue weighted by Gasteiger charge is 2.29. The summed E-state index contributed by atoms with van der Waals surface area (Å²) in [6, 6.07) is 5.66. The van der Waals surface area contributed by atoms with Crippen molar-refractivity contribution in [3.05, 3.63) is 30.1 Å². The highest BCUT2D eigenvalue weighted by Crippen LogP contribution is 2.10. The monoisotopic (exact) mass is 255 g/mol. The van der Waals surface area contributed by atoms with Gasteiger partial charge in [-0.3, -0.25) is 4.98 Å². The molecule has 17 heavy (non-hydrogen) atoms. The van der Waals surface area contributed by atoms with Crippen LogP contribution in [0.2, 0.25) is 0 Å². The molecule has 1 fully saturated rings. The fourth-order valence-electron chi connectivity index (χ4n) is 1.68. The van der Waals surface area contributed by atoms with Crippen LogP contribution in [0.5, 0.6) is 0 Å². The number of aromatic nitrogens is 1. The zero-order chi connectivity index (χ0) is 12.3. The lowest BCUT2D eigenvalue weighted by Gasteiger charge is -2.34. The minimum Gasteiger partial charge on any atom is -0.313 e. The van der Waals surface area contributed by atoms with Crippen molar-refractivity contribution in [2.45, 2.75) is 12.5 Å². The zero-order valence-electron chi connectivity index (χ0n) is 9.83. The topological polar surface area (TPSA) is 62.3 Å². The van der Waals surface area contributed by atoms with Crippen molar-refractivity contribution in [3.63, 3.8) is 0 Å². The van der Waals surface area contributed by atoms with Crippen LogP contribution < -0.4 is 5.32 Å². The van der Waals surface area contributed by atoms with E-state index in [-0.39, 0.29) is 11.8 Å². The van der Waals surface area contributed by atoms with Crippen molar-refractivity contribution in [1.29, 1.82) is 0 Å². The first-order chi connectivity index (χ1) is 8.09. The van der Waals surface area contributed by atoms with Crippen molar-refractivity contribution in [2.24, 2.45) is 0 Å². The lowest BCUT2D eigenvalue weighted by molar-refractivity contribution is 0.274. The van der Waals surface area contributed by atoms with E-state index in [1.807, 2.05) is 18.2 Å². The van der Waals surface area contributed by atoms with Crippen LogP contribution in [-0.2, 0) is 16.4 Å². The van der Waals surface area contributed by atoms with Crippen molar-refractivity contribution >= 4 is 10.0 Å². The quantitative estimate of drug-likeness (QED) is 0.795. The average Bonchev–Trinajstić information content (AvgIpc) is 2.26. The summed E-state index contributed by atoms with van der Waals surface area (Å²) >= 11 is 0. The van der Waals surface area contributed by atoms with Gasteiger partial charge in [-0.25, -0.2) is 8.42 Å². The Hall–Kier alpha value is -0.980. The van der Waals surface area contributed by atoms with Crippen molar-refractivity contribution in [2.75, 3.05) is 25.9 Å². The van der Waals surface area contributed by atoms with E-state index < -0.39 is 10.0 Å². The second-order valence-electron chi connectivity index (χ2n) is 4.22. The number of sulfonamides is 1. The van der Waals surface area contributed by atoms with Crippen molar-refractivity contribution in [1.82, 2.24) is 14.6 Å². The molecule has 6 heteroatoms. The first-order valence-electron chi connectivity index (χ1n) is 5.66. The van der Waals surface area contributed by atoms with Gasteiger partial charge in [-0.1, -0.05) is 6.07 Å². The number of pyridine rings is 1. The average molecular weight is 255 g/mol. The molecule has 1 aromatic rings. The number of hydrogen-bond acceptors (Lipinski definition) is 4. The van der Waals surface area contributed by atoms with Gasteiger partial charge < -0.3 is 5.32 Å². The highest BCUT2D eigenvalue weighted by molar-refractivity contribution is 7.89. The van der Waals surface area contributed by atoms with Gasteiger partial charge in [0.15, 0.2) is 0 Å². The summed E-state index contributed by atoms with van der Waals surface area (Å²) < 4.78 is 25.5. The second kappa shape index (κ2) is 5.12. The number of likely N-dealkylation sites (N-methyl/N-ethyl adjacent to an activating group) is 1. The summed E-state index contributed by atoms with van der Waals surface area (Å²) in [5, 5.41) is 3.07. The largest absolute Gasteiger partial charge is 0.313 e. The van der Waals surface area contributed by atoms with Gasteiger partial charge in [-0.2, -0.15) is 4.31 Å². The van der Waals surface area contributed by atoms with Crippen LogP contribution in [-0.4, -0.2) is 49.6 Å². The Morgan fingerprint density at radius 1 is 1.47 bits per heavy atom. The SMILES string of the molecule is CN(C1CNC1)S(=O)(=O)CCc1ccccn1. The summed E-state index contributed by atoms with van der Waals surface area (Å²) in [4.78, 5) is 4.12. The molecular weight excluding hydrogens is 238 g/mol. The van der Waals surface area contributed by atoms with E-state index in [9.17, 15) is 8.42 Å². The number of rotatable bonds is 5. The molecule has 1 aromatic heterocycles. The van der Waals surface area contributed by atoms with Crippen LogP contribution in [0, 0.1) is 0 Å². The predicted octanol–water partition coefficient (Wildman–Crippen LogP) is -0.142. The van der Waals surface area contributed by atoms with E-state index >= 15 is 0 Å². The standard InChI is InChI=1S/C11H17N3O2S/c1-14(11-8-12-9-11)17(15,16)7-5-10-4-2-3-6-13-10/h2-4,6,11-12H,5,7-9H2,1H3. The number of nitrogens with one attached hydrogen (secondary N) is 1. The summed E-state index contributed by atoms with van der Waals surface area (Å²) in [5.74, 6) is 0.122. The van der Waals surface area contributed by atoms with Crippen LogP contribution in [0.25, 0.3) is 0 Å². The van der Waals surface area contributed by atoms with Crippen molar-refractivity contribution in [3.8, 4) is 0 Å². The molecular formula is C11H17N3O2S. The van der Waals surface area contributed by atoms with E-state index in [0.717, 1.165) is 18.8 Å². The van der Waals surface area contributed by atoms with Crippen LogP contribution in [0.1, 0.15) is 5.69 Å². The molecule has 0 amide bonds. The third kappa shape index (κ3) is 3.02. The van der Waals surface area contributed by atoms with Gasteiger partial charge in [-0.15, -0.1) is 0 Å². The van der Waals surface area contributed by atoms with E-state index in [4.69, 9.17) is 0 Å². The molecule has 0 atom stereocenters. The fraction of sp³-hybridized carbons (Fsp3) is 0.545. The van der Waals surface area contributed by atoms with E-state index in [1.165, 1.54) is 4.31 Å². The lowest BCUT2D eigenvalue weighted by atomic mass is 10.2. The van der Waals surface area contributed by atoms with Crippen LogP contribution in [0.15, 0.2) is 24.4 Å². The van der Waals surface area contributed by atoms with Gasteiger partial charge in [0.05, 0.1) is 5.75 Å². The molecule has 2 heterocycles. The maximum Gasteiger partial charge on any atom is 0.214 e. The third-order valence-electron chi connectivity index (χ3n) is 3.06. The summed E-state index contributed by atoms with van der Waals surface area (Å²) in [5.41, 5.74) is 0.816. The first-order valence-corrected chi connectivity index (χ1v) is 7.27. The van der Waals surface area contributed by atoms with Gasteiger partial charge in [0.25, 0.3) is 0 Å². The molecule has 0 saturated carbocycles. The van der Waals surface area contributed by atoms with Gasteiger partial charge in [-0.05, 0) is 12.1 Å². The Labute approximate surface area is 102 Å². The minimum atomic E-state index is -3.17. The smallest absolute Gasteiger partial charge is 0.214 e. The third-order valence-corrected chi connectivity index (χ3v) is 4.95. The molecule has 0 aliphatic carbocycles. The zero-order valence-corrected chi connectivity index (χ0v) is 10.7. The maximum atomic E-state index is 12.0.